The van der Waals surface area contributed by atoms with E-state index in [1.807, 2.05) is 4.90 Å². The van der Waals surface area contributed by atoms with Gasteiger partial charge in [0, 0.05) is 39.1 Å². The number of carbonyl (C=O) groups excluding carboxylic acids is 2. The number of unbranched alkanes of at least 4 members (excludes halogenated alkanes) is 1. The molecule has 3 aromatic rings. The summed E-state index contributed by atoms with van der Waals surface area (Å²) < 4.78 is 141. The number of ether oxygens (including phenoxy) is 3. The van der Waals surface area contributed by atoms with Crippen molar-refractivity contribution in [3.63, 3.8) is 0 Å². The fourth-order valence-electron chi connectivity index (χ4n) is 5.63. The van der Waals surface area contributed by atoms with Crippen molar-refractivity contribution < 1.29 is 63.3 Å². The number of hydrogen-bond donors (Lipinski definition) is 0. The SMILES string of the molecule is CCOC(=O)CCCCN(C(=O)OCC)c1ccc(C(F)(F)F)cc1CN(Cc1cc(C(F)(F)F)cc(C(F)(F)F)c1)c1ncc(N2CCOCC2)cn1. The number of benzene rings is 2. The number of morpholine rings is 1. The molecule has 1 amide bonds. The van der Waals surface area contributed by atoms with Crippen LogP contribution >= 0.6 is 0 Å². The predicted molar refractivity (Wildman–Crippen MR) is 178 cm³/mol. The minimum atomic E-state index is -5.17. The number of aromatic nitrogens is 2. The molecule has 0 saturated carbocycles. The number of carbonyl (C=O) groups is 2. The van der Waals surface area contributed by atoms with Crippen molar-refractivity contribution in [3.05, 3.63) is 76.6 Å². The van der Waals surface area contributed by atoms with Gasteiger partial charge in [0.1, 0.15) is 0 Å². The average molecular weight is 780 g/mol. The summed E-state index contributed by atoms with van der Waals surface area (Å²) in [5.41, 5.74) is -4.59. The van der Waals surface area contributed by atoms with E-state index in [1.165, 1.54) is 19.3 Å². The van der Waals surface area contributed by atoms with Crippen molar-refractivity contribution >= 4 is 29.4 Å². The Hall–Kier alpha value is -4.81. The van der Waals surface area contributed by atoms with Gasteiger partial charge in [0.15, 0.2) is 0 Å². The first-order valence-corrected chi connectivity index (χ1v) is 16.9. The Labute approximate surface area is 304 Å². The molecule has 19 heteroatoms. The monoisotopic (exact) mass is 779 g/mol. The summed E-state index contributed by atoms with van der Waals surface area (Å²) in [6.07, 6.45) is -13.0. The Morgan fingerprint density at radius 3 is 1.93 bits per heavy atom. The van der Waals surface area contributed by atoms with E-state index in [-0.39, 0.29) is 62.3 Å². The van der Waals surface area contributed by atoms with Gasteiger partial charge in [-0.1, -0.05) is 0 Å². The maximum Gasteiger partial charge on any atom is 0.416 e. The molecule has 2 aromatic carbocycles. The van der Waals surface area contributed by atoms with E-state index < -0.39 is 65.9 Å². The molecule has 296 valence electrons. The highest BCUT2D eigenvalue weighted by atomic mass is 19.4. The Kier molecular flexibility index (Phi) is 14.0. The van der Waals surface area contributed by atoms with Crippen molar-refractivity contribution in [3.8, 4) is 0 Å². The molecule has 0 bridgehead atoms. The second-order valence-electron chi connectivity index (χ2n) is 12.1. The molecule has 0 atom stereocenters. The van der Waals surface area contributed by atoms with E-state index in [9.17, 15) is 49.1 Å². The molecule has 1 aliphatic rings. The third kappa shape index (κ3) is 11.6. The summed E-state index contributed by atoms with van der Waals surface area (Å²) in [6.45, 7) is 3.47. The van der Waals surface area contributed by atoms with Crippen LogP contribution in [0, 0.1) is 0 Å². The van der Waals surface area contributed by atoms with Crippen molar-refractivity contribution in [2.24, 2.45) is 0 Å². The lowest BCUT2D eigenvalue weighted by Gasteiger charge is -2.30. The quantitative estimate of drug-likeness (QED) is 0.0911. The number of esters is 1. The smallest absolute Gasteiger partial charge is 0.416 e. The number of alkyl halides is 9. The van der Waals surface area contributed by atoms with Crippen molar-refractivity contribution in [2.45, 2.75) is 64.7 Å². The summed E-state index contributed by atoms with van der Waals surface area (Å²) in [5.74, 6) is -0.729. The zero-order valence-corrected chi connectivity index (χ0v) is 29.3. The third-order valence-corrected chi connectivity index (χ3v) is 8.17. The molecule has 1 saturated heterocycles. The van der Waals surface area contributed by atoms with E-state index >= 15 is 0 Å². The molecule has 2 heterocycles. The molecule has 4 rings (SSSR count). The number of amides is 1. The summed E-state index contributed by atoms with van der Waals surface area (Å²) in [6, 6.07) is 3.45. The first-order chi connectivity index (χ1) is 25.4. The molecule has 54 heavy (non-hydrogen) atoms. The summed E-state index contributed by atoms with van der Waals surface area (Å²) >= 11 is 0. The first kappa shape index (κ1) is 41.9. The summed E-state index contributed by atoms with van der Waals surface area (Å²) in [4.78, 5) is 37.8. The topological polar surface area (TPSA) is 97.3 Å². The van der Waals surface area contributed by atoms with E-state index in [2.05, 4.69) is 9.97 Å². The average Bonchev–Trinajstić information content (AvgIpc) is 3.11. The van der Waals surface area contributed by atoms with E-state index in [0.29, 0.717) is 44.1 Å². The normalized spacial score (nSPS) is 13.8. The van der Waals surface area contributed by atoms with Gasteiger partial charge in [-0.3, -0.25) is 9.69 Å². The number of rotatable bonds is 14. The fraction of sp³-hybridized carbons (Fsp3) is 0.486. The minimum absolute atomic E-state index is 0.00710. The van der Waals surface area contributed by atoms with Crippen LogP contribution in [-0.2, 0) is 50.6 Å². The second kappa shape index (κ2) is 18.0. The Morgan fingerprint density at radius 2 is 1.37 bits per heavy atom. The third-order valence-electron chi connectivity index (χ3n) is 8.17. The van der Waals surface area contributed by atoms with Gasteiger partial charge in [-0.15, -0.1) is 0 Å². The minimum Gasteiger partial charge on any atom is -0.466 e. The molecule has 0 unspecified atom stereocenters. The zero-order chi connectivity index (χ0) is 39.7. The van der Waals surface area contributed by atoms with E-state index in [0.717, 1.165) is 28.0 Å². The Bertz CT molecular complexity index is 1680. The molecule has 1 fully saturated rings. The van der Waals surface area contributed by atoms with Gasteiger partial charge < -0.3 is 24.0 Å². The van der Waals surface area contributed by atoms with Crippen LogP contribution in [0.1, 0.15) is 60.9 Å². The fourth-order valence-corrected chi connectivity index (χ4v) is 5.63. The van der Waals surface area contributed by atoms with E-state index in [4.69, 9.17) is 14.2 Å². The standard InChI is InChI=1S/C35H38F9N5O5/c1-3-53-30(50)7-5-6-10-49(32(51)54-4-2)29-9-8-25(33(36,37)38)17-24(29)22-48(31-45-19-28(20-46-31)47-11-13-52-14-12-47)21-23-15-26(34(39,40)41)18-27(16-23)35(42,43)44/h8-9,15-20H,3-7,10-14,21-22H2,1-2H3. The lowest BCUT2D eigenvalue weighted by molar-refractivity contribution is -0.144. The molecule has 0 aliphatic carbocycles. The number of anilines is 3. The highest BCUT2D eigenvalue weighted by Gasteiger charge is 2.37. The maximum atomic E-state index is 14.1. The van der Waals surface area contributed by atoms with Crippen molar-refractivity contribution in [1.29, 1.82) is 0 Å². The number of nitrogens with zero attached hydrogens (tertiary/aromatic N) is 5. The lowest BCUT2D eigenvalue weighted by atomic mass is 10.0. The van der Waals surface area contributed by atoms with Gasteiger partial charge >= 0.3 is 30.6 Å². The van der Waals surface area contributed by atoms with Gasteiger partial charge in [-0.25, -0.2) is 14.8 Å². The van der Waals surface area contributed by atoms with Crippen molar-refractivity contribution in [2.75, 3.05) is 60.8 Å². The molecular weight excluding hydrogens is 741 g/mol. The van der Waals surface area contributed by atoms with Crippen LogP contribution < -0.4 is 14.7 Å². The predicted octanol–water partition coefficient (Wildman–Crippen LogP) is 8.27. The molecule has 10 nitrogen and oxygen atoms in total. The highest BCUT2D eigenvalue weighted by Crippen LogP contribution is 2.38. The first-order valence-electron chi connectivity index (χ1n) is 16.9. The largest absolute Gasteiger partial charge is 0.466 e. The molecule has 1 aliphatic heterocycles. The molecule has 0 radical (unpaired) electrons. The van der Waals surface area contributed by atoms with Gasteiger partial charge in [-0.2, -0.15) is 39.5 Å². The Balaban J connectivity index is 1.82. The van der Waals surface area contributed by atoms with Crippen LogP contribution in [0.15, 0.2) is 48.8 Å². The molecule has 0 N–H and O–H groups in total. The van der Waals surface area contributed by atoms with Gasteiger partial charge in [0.25, 0.3) is 0 Å². The molecule has 1 aromatic heterocycles. The summed E-state index contributed by atoms with van der Waals surface area (Å²) in [7, 11) is 0. The van der Waals surface area contributed by atoms with Crippen molar-refractivity contribution in [1.82, 2.24) is 9.97 Å². The Morgan fingerprint density at radius 1 is 0.778 bits per heavy atom. The van der Waals surface area contributed by atoms with Gasteiger partial charge in [0.05, 0.1) is 66.9 Å². The van der Waals surface area contributed by atoms with Crippen LogP contribution in [0.3, 0.4) is 0 Å². The highest BCUT2D eigenvalue weighted by molar-refractivity contribution is 5.89. The van der Waals surface area contributed by atoms with Gasteiger partial charge in [-0.05, 0) is 74.2 Å². The lowest BCUT2D eigenvalue weighted by Crippen LogP contribution is -2.36. The van der Waals surface area contributed by atoms with E-state index in [1.54, 1.807) is 6.92 Å². The van der Waals surface area contributed by atoms with Crippen LogP contribution in [0.2, 0.25) is 0 Å². The van der Waals surface area contributed by atoms with Crippen LogP contribution in [-0.4, -0.2) is 68.1 Å². The van der Waals surface area contributed by atoms with Crippen LogP contribution in [0.5, 0.6) is 0 Å². The maximum absolute atomic E-state index is 14.1. The summed E-state index contributed by atoms with van der Waals surface area (Å²) in [5, 5.41) is 0. The van der Waals surface area contributed by atoms with Crippen LogP contribution in [0.25, 0.3) is 0 Å². The van der Waals surface area contributed by atoms with Gasteiger partial charge in [0.2, 0.25) is 5.95 Å². The number of halogens is 9. The molecule has 0 spiro atoms. The van der Waals surface area contributed by atoms with Crippen LogP contribution in [0.4, 0.5) is 61.6 Å². The zero-order valence-electron chi connectivity index (χ0n) is 29.3. The number of hydrogen-bond acceptors (Lipinski definition) is 9. The molecular formula is C35H38F9N5O5. The second-order valence-corrected chi connectivity index (χ2v) is 12.1.